The van der Waals surface area contributed by atoms with Gasteiger partial charge in [-0.05, 0) is 42.7 Å². The molecular formula is C21H22N2O4. The van der Waals surface area contributed by atoms with Crippen molar-refractivity contribution in [2.45, 2.75) is 25.3 Å². The summed E-state index contributed by atoms with van der Waals surface area (Å²) in [7, 11) is 0. The van der Waals surface area contributed by atoms with Gasteiger partial charge in [-0.25, -0.2) is 4.79 Å². The molecule has 2 N–H and O–H groups in total. The van der Waals surface area contributed by atoms with Gasteiger partial charge in [0.1, 0.15) is 0 Å². The first-order valence-electron chi connectivity index (χ1n) is 8.99. The van der Waals surface area contributed by atoms with Gasteiger partial charge in [0.15, 0.2) is 0 Å². The lowest BCUT2D eigenvalue weighted by Crippen LogP contribution is -2.46. The largest absolute Gasteiger partial charge is 0.478 e. The maximum absolute atomic E-state index is 12.4. The lowest BCUT2D eigenvalue weighted by Gasteiger charge is -2.32. The minimum atomic E-state index is -0.984. The molecule has 2 aromatic rings. The van der Waals surface area contributed by atoms with Crippen LogP contribution in [0.25, 0.3) is 0 Å². The van der Waals surface area contributed by atoms with Gasteiger partial charge < -0.3 is 15.3 Å². The Balaban J connectivity index is 1.46. The third-order valence-electron chi connectivity index (χ3n) is 4.73. The number of nitrogens with one attached hydrogen (secondary N) is 1. The molecule has 3 rings (SSSR count). The summed E-state index contributed by atoms with van der Waals surface area (Å²) in [4.78, 5) is 37.3. The number of nitrogens with zero attached hydrogens (tertiary/aromatic N) is 1. The first kappa shape index (κ1) is 18.6. The first-order chi connectivity index (χ1) is 13.0. The monoisotopic (exact) mass is 366 g/mol. The van der Waals surface area contributed by atoms with Crippen LogP contribution in [-0.4, -0.2) is 46.9 Å². The molecule has 1 fully saturated rings. The molecular weight excluding hydrogens is 344 g/mol. The number of benzene rings is 2. The Morgan fingerprint density at radius 3 is 2.15 bits per heavy atom. The molecule has 0 spiro atoms. The quantitative estimate of drug-likeness (QED) is 0.850. The highest BCUT2D eigenvalue weighted by molar-refractivity contribution is 5.94. The Kier molecular flexibility index (Phi) is 5.86. The normalized spacial score (nSPS) is 14.6. The third-order valence-corrected chi connectivity index (χ3v) is 4.73. The lowest BCUT2D eigenvalue weighted by atomic mass is 10.0. The van der Waals surface area contributed by atoms with Crippen LogP contribution in [0.5, 0.6) is 0 Å². The highest BCUT2D eigenvalue weighted by atomic mass is 16.4. The number of carboxylic acids is 1. The van der Waals surface area contributed by atoms with Crippen molar-refractivity contribution in [1.82, 2.24) is 10.2 Å². The number of hydrogen-bond donors (Lipinski definition) is 2. The van der Waals surface area contributed by atoms with Crippen molar-refractivity contribution in [3.05, 3.63) is 71.3 Å². The number of likely N-dealkylation sites (tertiary alicyclic amines) is 1. The smallest absolute Gasteiger partial charge is 0.335 e. The molecule has 0 radical (unpaired) electrons. The molecule has 2 aromatic carbocycles. The van der Waals surface area contributed by atoms with E-state index in [0.29, 0.717) is 18.7 Å². The van der Waals surface area contributed by atoms with Gasteiger partial charge in [0.25, 0.3) is 5.91 Å². The van der Waals surface area contributed by atoms with E-state index in [1.165, 1.54) is 12.1 Å². The number of hydrogen-bond acceptors (Lipinski definition) is 3. The Labute approximate surface area is 157 Å². The number of carbonyl (C=O) groups is 3. The number of carboxylic acid groups (broad SMARTS) is 1. The van der Waals surface area contributed by atoms with E-state index < -0.39 is 5.97 Å². The van der Waals surface area contributed by atoms with Crippen LogP contribution in [0.1, 0.15) is 39.1 Å². The van der Waals surface area contributed by atoms with E-state index >= 15 is 0 Å². The Hall–Kier alpha value is -3.15. The zero-order valence-corrected chi connectivity index (χ0v) is 14.9. The van der Waals surface area contributed by atoms with Gasteiger partial charge in [-0.2, -0.15) is 0 Å². The van der Waals surface area contributed by atoms with Crippen LogP contribution >= 0.6 is 0 Å². The number of piperidine rings is 1. The van der Waals surface area contributed by atoms with Crippen LogP contribution in [0.4, 0.5) is 0 Å². The SMILES string of the molecule is O=C(Cc1ccc(C(=O)O)cc1)NC1CCN(C(=O)c2ccccc2)CC1. The van der Waals surface area contributed by atoms with E-state index in [4.69, 9.17) is 5.11 Å². The second-order valence-electron chi connectivity index (χ2n) is 6.68. The van der Waals surface area contributed by atoms with E-state index in [9.17, 15) is 14.4 Å². The Morgan fingerprint density at radius 2 is 1.56 bits per heavy atom. The molecule has 2 amide bonds. The summed E-state index contributed by atoms with van der Waals surface area (Å²) in [6.07, 6.45) is 1.66. The van der Waals surface area contributed by atoms with Gasteiger partial charge in [0, 0.05) is 24.7 Å². The molecule has 1 heterocycles. The second-order valence-corrected chi connectivity index (χ2v) is 6.68. The van der Waals surface area contributed by atoms with Crippen molar-refractivity contribution in [3.63, 3.8) is 0 Å². The highest BCUT2D eigenvalue weighted by Crippen LogP contribution is 2.14. The van der Waals surface area contributed by atoms with Gasteiger partial charge in [-0.3, -0.25) is 9.59 Å². The van der Waals surface area contributed by atoms with Crippen molar-refractivity contribution in [1.29, 1.82) is 0 Å². The van der Waals surface area contributed by atoms with Crippen LogP contribution < -0.4 is 5.32 Å². The average Bonchev–Trinajstić information content (AvgIpc) is 2.69. The van der Waals surface area contributed by atoms with Gasteiger partial charge in [0.05, 0.1) is 12.0 Å². The summed E-state index contributed by atoms with van der Waals surface area (Å²) in [6.45, 7) is 1.23. The van der Waals surface area contributed by atoms with Crippen molar-refractivity contribution < 1.29 is 19.5 Å². The molecule has 0 unspecified atom stereocenters. The molecule has 140 valence electrons. The molecule has 1 aliphatic rings. The highest BCUT2D eigenvalue weighted by Gasteiger charge is 2.24. The minimum Gasteiger partial charge on any atom is -0.478 e. The Morgan fingerprint density at radius 1 is 0.926 bits per heavy atom. The fourth-order valence-electron chi connectivity index (χ4n) is 3.22. The average molecular weight is 366 g/mol. The van der Waals surface area contributed by atoms with Crippen LogP contribution in [0.15, 0.2) is 54.6 Å². The molecule has 0 atom stereocenters. The number of aromatic carboxylic acids is 1. The molecule has 0 saturated carbocycles. The zero-order valence-electron chi connectivity index (χ0n) is 14.9. The number of carbonyl (C=O) groups excluding carboxylic acids is 2. The van der Waals surface area contributed by atoms with Crippen LogP contribution in [0.3, 0.4) is 0 Å². The summed E-state index contributed by atoms with van der Waals surface area (Å²) in [5.74, 6) is -1.05. The predicted octanol–water partition coefficient (Wildman–Crippen LogP) is 2.35. The van der Waals surface area contributed by atoms with Gasteiger partial charge >= 0.3 is 5.97 Å². The van der Waals surface area contributed by atoms with Crippen molar-refractivity contribution >= 4 is 17.8 Å². The van der Waals surface area contributed by atoms with E-state index in [0.717, 1.165) is 18.4 Å². The lowest BCUT2D eigenvalue weighted by molar-refractivity contribution is -0.121. The second kappa shape index (κ2) is 8.49. The van der Waals surface area contributed by atoms with Crippen molar-refractivity contribution in [3.8, 4) is 0 Å². The van der Waals surface area contributed by atoms with Crippen molar-refractivity contribution in [2.75, 3.05) is 13.1 Å². The first-order valence-corrected chi connectivity index (χ1v) is 8.99. The molecule has 0 bridgehead atoms. The maximum atomic E-state index is 12.4. The molecule has 6 heteroatoms. The van der Waals surface area contributed by atoms with Crippen LogP contribution in [-0.2, 0) is 11.2 Å². The van der Waals surface area contributed by atoms with E-state index in [1.54, 1.807) is 12.1 Å². The molecule has 6 nitrogen and oxygen atoms in total. The van der Waals surface area contributed by atoms with Gasteiger partial charge in [-0.15, -0.1) is 0 Å². The van der Waals surface area contributed by atoms with Crippen LogP contribution in [0.2, 0.25) is 0 Å². The molecule has 1 saturated heterocycles. The summed E-state index contributed by atoms with van der Waals surface area (Å²) in [6, 6.07) is 15.6. The maximum Gasteiger partial charge on any atom is 0.335 e. The number of rotatable bonds is 5. The molecule has 1 aliphatic heterocycles. The zero-order chi connectivity index (χ0) is 19.2. The van der Waals surface area contributed by atoms with E-state index in [-0.39, 0.29) is 29.8 Å². The summed E-state index contributed by atoms with van der Waals surface area (Å²) >= 11 is 0. The summed E-state index contributed by atoms with van der Waals surface area (Å²) < 4.78 is 0. The summed E-state index contributed by atoms with van der Waals surface area (Å²) in [5, 5.41) is 11.9. The summed E-state index contributed by atoms with van der Waals surface area (Å²) in [5.41, 5.74) is 1.66. The topological polar surface area (TPSA) is 86.7 Å². The minimum absolute atomic E-state index is 0.0268. The van der Waals surface area contributed by atoms with Gasteiger partial charge in [-0.1, -0.05) is 30.3 Å². The molecule has 0 aliphatic carbocycles. The standard InChI is InChI=1S/C21H22N2O4/c24-19(14-15-6-8-17(9-7-15)21(26)27)22-18-10-12-23(13-11-18)20(25)16-4-2-1-3-5-16/h1-9,18H,10-14H2,(H,22,24)(H,26,27). The third kappa shape index (κ3) is 4.94. The van der Waals surface area contributed by atoms with E-state index in [1.807, 2.05) is 35.2 Å². The molecule has 0 aromatic heterocycles. The van der Waals surface area contributed by atoms with Gasteiger partial charge in [0.2, 0.25) is 5.91 Å². The number of amides is 2. The fourth-order valence-corrected chi connectivity index (χ4v) is 3.22. The molecule has 27 heavy (non-hydrogen) atoms. The van der Waals surface area contributed by atoms with Crippen LogP contribution in [0, 0.1) is 0 Å². The fraction of sp³-hybridized carbons (Fsp3) is 0.286. The Bertz CT molecular complexity index is 810. The predicted molar refractivity (Wildman–Crippen MR) is 101 cm³/mol. The van der Waals surface area contributed by atoms with Crippen molar-refractivity contribution in [2.24, 2.45) is 0 Å². The van der Waals surface area contributed by atoms with E-state index in [2.05, 4.69) is 5.32 Å².